The standard InChI is InChI=1S/C20H33NO8/c1-14(18(25)29-19(2,3)4)27-20(26-13-22,21-11-5-6-12-21)28-16-9-7-15(8-10-16)17(23)24/h13-16H,5-12H2,1-4H3,(H,23,24). The van der Waals surface area contributed by atoms with Crippen LogP contribution < -0.4 is 0 Å². The van der Waals surface area contributed by atoms with E-state index in [1.807, 2.05) is 0 Å². The highest BCUT2D eigenvalue weighted by Crippen LogP contribution is 2.34. The molecule has 2 aliphatic rings. The van der Waals surface area contributed by atoms with Crippen molar-refractivity contribution in [3.63, 3.8) is 0 Å². The number of carboxylic acids is 1. The summed E-state index contributed by atoms with van der Waals surface area (Å²) < 4.78 is 22.7. The van der Waals surface area contributed by atoms with E-state index in [0.717, 1.165) is 12.8 Å². The topological polar surface area (TPSA) is 112 Å². The van der Waals surface area contributed by atoms with Gasteiger partial charge in [0.1, 0.15) is 5.60 Å². The SMILES string of the molecule is CC(OC(OC=O)(OC1CCC(C(=O)O)CC1)N1CCCC1)C(=O)OC(C)(C)C. The second-order valence-corrected chi connectivity index (χ2v) is 8.66. The summed E-state index contributed by atoms with van der Waals surface area (Å²) in [5, 5.41) is 9.19. The smallest absolute Gasteiger partial charge is 0.402 e. The van der Waals surface area contributed by atoms with E-state index < -0.39 is 35.7 Å². The quantitative estimate of drug-likeness (QED) is 0.344. The molecule has 166 valence electrons. The molecular weight excluding hydrogens is 382 g/mol. The van der Waals surface area contributed by atoms with E-state index in [4.69, 9.17) is 18.9 Å². The first kappa shape index (κ1) is 23.6. The molecule has 9 heteroatoms. The van der Waals surface area contributed by atoms with Crippen molar-refractivity contribution in [2.24, 2.45) is 5.92 Å². The fourth-order valence-corrected chi connectivity index (χ4v) is 3.65. The number of hydrogen-bond acceptors (Lipinski definition) is 8. The first-order valence-corrected chi connectivity index (χ1v) is 10.2. The molecule has 0 radical (unpaired) electrons. The first-order chi connectivity index (χ1) is 13.6. The fourth-order valence-electron chi connectivity index (χ4n) is 3.65. The van der Waals surface area contributed by atoms with Gasteiger partial charge in [-0.05, 0) is 66.2 Å². The lowest BCUT2D eigenvalue weighted by molar-refractivity contribution is -0.443. The molecule has 0 aromatic carbocycles. The Kier molecular flexibility index (Phi) is 8.02. The van der Waals surface area contributed by atoms with E-state index in [1.165, 1.54) is 6.92 Å². The van der Waals surface area contributed by atoms with Crippen LogP contribution in [0.15, 0.2) is 0 Å². The van der Waals surface area contributed by atoms with E-state index in [9.17, 15) is 19.5 Å². The van der Waals surface area contributed by atoms with Crippen molar-refractivity contribution in [3.05, 3.63) is 0 Å². The van der Waals surface area contributed by atoms with Gasteiger partial charge in [0.25, 0.3) is 6.47 Å². The van der Waals surface area contributed by atoms with Crippen LogP contribution in [0, 0.1) is 5.92 Å². The zero-order chi connectivity index (χ0) is 21.7. The largest absolute Gasteiger partial charge is 0.481 e. The summed E-state index contributed by atoms with van der Waals surface area (Å²) in [6.07, 6.45) is 0.472. The number of aliphatic carboxylic acids is 1. The summed E-state index contributed by atoms with van der Waals surface area (Å²) in [4.78, 5) is 36.7. The average molecular weight is 415 g/mol. The van der Waals surface area contributed by atoms with E-state index >= 15 is 0 Å². The van der Waals surface area contributed by atoms with Crippen LogP contribution in [0.2, 0.25) is 0 Å². The maximum atomic E-state index is 12.4. The molecule has 0 aromatic rings. The Bertz CT molecular complexity index is 576. The van der Waals surface area contributed by atoms with Crippen LogP contribution in [0.4, 0.5) is 0 Å². The molecule has 9 nitrogen and oxygen atoms in total. The molecule has 2 fully saturated rings. The number of carbonyl (C=O) groups excluding carboxylic acids is 2. The molecule has 0 bridgehead atoms. The van der Waals surface area contributed by atoms with E-state index in [-0.39, 0.29) is 12.6 Å². The van der Waals surface area contributed by atoms with Crippen LogP contribution in [-0.2, 0) is 33.3 Å². The summed E-state index contributed by atoms with van der Waals surface area (Å²) in [6.45, 7) is 8.21. The third-order valence-electron chi connectivity index (χ3n) is 5.09. The third-order valence-corrected chi connectivity index (χ3v) is 5.09. The van der Waals surface area contributed by atoms with Crippen molar-refractivity contribution in [2.45, 2.75) is 90.1 Å². The van der Waals surface area contributed by atoms with Gasteiger partial charge in [-0.25, -0.2) is 9.69 Å². The van der Waals surface area contributed by atoms with Crippen molar-refractivity contribution in [3.8, 4) is 0 Å². The maximum absolute atomic E-state index is 12.4. The molecule has 0 aromatic heterocycles. The number of nitrogens with zero attached hydrogens (tertiary/aromatic N) is 1. The van der Waals surface area contributed by atoms with Crippen molar-refractivity contribution in [1.29, 1.82) is 0 Å². The molecule has 29 heavy (non-hydrogen) atoms. The lowest BCUT2D eigenvalue weighted by atomic mass is 9.87. The van der Waals surface area contributed by atoms with Gasteiger partial charge in [-0.1, -0.05) is 0 Å². The van der Waals surface area contributed by atoms with E-state index in [0.29, 0.717) is 38.8 Å². The minimum Gasteiger partial charge on any atom is -0.481 e. The second kappa shape index (κ2) is 9.86. The Morgan fingerprint density at radius 1 is 1.10 bits per heavy atom. The first-order valence-electron chi connectivity index (χ1n) is 10.2. The minimum atomic E-state index is -1.84. The molecule has 1 saturated carbocycles. The van der Waals surface area contributed by atoms with Crippen LogP contribution in [0.25, 0.3) is 0 Å². The molecule has 1 aliphatic carbocycles. The summed E-state index contributed by atoms with van der Waals surface area (Å²) in [5.41, 5.74) is -0.688. The molecule has 2 unspecified atom stereocenters. The summed E-state index contributed by atoms with van der Waals surface area (Å²) in [5.74, 6) is -1.80. The van der Waals surface area contributed by atoms with Gasteiger partial charge in [0.15, 0.2) is 6.10 Å². The average Bonchev–Trinajstić information content (AvgIpc) is 3.16. The van der Waals surface area contributed by atoms with Gasteiger partial charge in [0, 0.05) is 13.1 Å². The number of esters is 1. The van der Waals surface area contributed by atoms with Gasteiger partial charge in [0.05, 0.1) is 12.0 Å². The molecule has 1 aliphatic heterocycles. The summed E-state index contributed by atoms with van der Waals surface area (Å²) in [6, 6.07) is 0. The molecule has 1 N–H and O–H groups in total. The molecule has 0 spiro atoms. The highest BCUT2D eigenvalue weighted by Gasteiger charge is 2.49. The molecular formula is C20H33NO8. The van der Waals surface area contributed by atoms with Crippen molar-refractivity contribution >= 4 is 18.4 Å². The minimum absolute atomic E-state index is 0.253. The van der Waals surface area contributed by atoms with Gasteiger partial charge in [-0.15, -0.1) is 0 Å². The Balaban J connectivity index is 2.15. The zero-order valence-electron chi connectivity index (χ0n) is 17.7. The van der Waals surface area contributed by atoms with Crippen molar-refractivity contribution in [2.75, 3.05) is 13.1 Å². The number of carbonyl (C=O) groups is 3. The summed E-state index contributed by atoms with van der Waals surface area (Å²) >= 11 is 0. The monoisotopic (exact) mass is 415 g/mol. The summed E-state index contributed by atoms with van der Waals surface area (Å²) in [7, 11) is 0. The molecule has 0 amide bonds. The van der Waals surface area contributed by atoms with Crippen LogP contribution >= 0.6 is 0 Å². The van der Waals surface area contributed by atoms with Gasteiger partial charge in [0.2, 0.25) is 0 Å². The second-order valence-electron chi connectivity index (χ2n) is 8.66. The number of likely N-dealkylation sites (tertiary alicyclic amines) is 1. The van der Waals surface area contributed by atoms with Gasteiger partial charge in [-0.3, -0.25) is 14.3 Å². The number of ether oxygens (including phenoxy) is 4. The molecule has 2 rings (SSSR count). The number of carboxylic acid groups (broad SMARTS) is 1. The van der Waals surface area contributed by atoms with Crippen molar-refractivity contribution < 1.29 is 38.4 Å². The highest BCUT2D eigenvalue weighted by molar-refractivity contribution is 5.74. The molecule has 1 heterocycles. The normalized spacial score (nSPS) is 26.3. The fraction of sp³-hybridized carbons (Fsp3) is 0.850. The van der Waals surface area contributed by atoms with Crippen LogP contribution in [0.1, 0.15) is 66.2 Å². The molecule has 1 saturated heterocycles. The Hall–Kier alpha value is -1.71. The lowest BCUT2D eigenvalue weighted by Gasteiger charge is -2.42. The Morgan fingerprint density at radius 2 is 1.69 bits per heavy atom. The van der Waals surface area contributed by atoms with Crippen LogP contribution in [0.3, 0.4) is 0 Å². The Morgan fingerprint density at radius 3 is 2.17 bits per heavy atom. The maximum Gasteiger partial charge on any atom is 0.402 e. The Labute approximate surface area is 171 Å². The molecule has 2 atom stereocenters. The number of hydrogen-bond donors (Lipinski definition) is 1. The lowest BCUT2D eigenvalue weighted by Crippen LogP contribution is -2.58. The predicted octanol–water partition coefficient (Wildman–Crippen LogP) is 2.27. The van der Waals surface area contributed by atoms with E-state index in [2.05, 4.69) is 0 Å². The highest BCUT2D eigenvalue weighted by atomic mass is 16.9. The van der Waals surface area contributed by atoms with Crippen LogP contribution in [-0.4, -0.2) is 65.4 Å². The third kappa shape index (κ3) is 6.65. The predicted molar refractivity (Wildman–Crippen MR) is 102 cm³/mol. The van der Waals surface area contributed by atoms with Gasteiger partial charge < -0.3 is 19.3 Å². The zero-order valence-corrected chi connectivity index (χ0v) is 17.7. The van der Waals surface area contributed by atoms with Gasteiger partial charge >= 0.3 is 18.0 Å². The van der Waals surface area contributed by atoms with Gasteiger partial charge in [-0.2, -0.15) is 0 Å². The van der Waals surface area contributed by atoms with E-state index in [1.54, 1.807) is 25.7 Å². The van der Waals surface area contributed by atoms with Crippen molar-refractivity contribution in [1.82, 2.24) is 4.90 Å². The number of rotatable bonds is 9. The van der Waals surface area contributed by atoms with Crippen LogP contribution in [0.5, 0.6) is 0 Å².